The molecule has 2 amide bonds. The van der Waals surface area contributed by atoms with E-state index in [-0.39, 0.29) is 42.2 Å². The van der Waals surface area contributed by atoms with E-state index in [1.54, 1.807) is 9.80 Å². The summed E-state index contributed by atoms with van der Waals surface area (Å²) in [5, 5.41) is 3.20. The third kappa shape index (κ3) is 4.48. The second-order valence-electron chi connectivity index (χ2n) is 6.13. The number of amides is 2. The summed E-state index contributed by atoms with van der Waals surface area (Å²) in [6, 6.07) is 5.21. The first-order valence-electron chi connectivity index (χ1n) is 8.25. The predicted octanol–water partition coefficient (Wildman–Crippen LogP) is 0.909. The highest BCUT2D eigenvalue weighted by Crippen LogP contribution is 2.13. The van der Waals surface area contributed by atoms with Gasteiger partial charge in [-0.25, -0.2) is 4.39 Å². The number of carbonyl (C=O) groups excluding carboxylic acids is 2. The molecular weight excluding hydrogens is 349 g/mol. The van der Waals surface area contributed by atoms with Crippen molar-refractivity contribution >= 4 is 24.2 Å². The van der Waals surface area contributed by atoms with Gasteiger partial charge in [0.1, 0.15) is 11.9 Å². The monoisotopic (exact) mass is 371 g/mol. The second kappa shape index (κ2) is 8.60. The number of benzene rings is 1. The van der Waals surface area contributed by atoms with Gasteiger partial charge in [0.2, 0.25) is 5.91 Å². The van der Waals surface area contributed by atoms with E-state index in [0.29, 0.717) is 44.9 Å². The van der Waals surface area contributed by atoms with Crippen LogP contribution >= 0.6 is 12.4 Å². The van der Waals surface area contributed by atoms with Gasteiger partial charge in [-0.1, -0.05) is 0 Å². The molecular formula is C17H23ClFN3O3. The van der Waals surface area contributed by atoms with Crippen LogP contribution in [0.3, 0.4) is 0 Å². The Morgan fingerprint density at radius 1 is 1.12 bits per heavy atom. The van der Waals surface area contributed by atoms with Crippen molar-refractivity contribution in [3.8, 4) is 0 Å². The number of carbonyl (C=O) groups is 2. The Balaban J connectivity index is 0.00000225. The zero-order valence-electron chi connectivity index (χ0n) is 14.1. The fourth-order valence-electron chi connectivity index (χ4n) is 3.11. The van der Waals surface area contributed by atoms with Crippen molar-refractivity contribution in [2.24, 2.45) is 0 Å². The average molecular weight is 372 g/mol. The molecule has 3 rings (SSSR count). The minimum absolute atomic E-state index is 0. The molecule has 2 heterocycles. The lowest BCUT2D eigenvalue weighted by atomic mass is 10.1. The van der Waals surface area contributed by atoms with Crippen LogP contribution in [0.4, 0.5) is 4.39 Å². The average Bonchev–Trinajstić information content (AvgIpc) is 2.62. The SMILES string of the molecule is C[C@H]1OCCN[C@@H]1C(=O)N1CCN(C(=O)c2ccc(F)cc2)CC1.Cl. The van der Waals surface area contributed by atoms with Crippen molar-refractivity contribution in [2.75, 3.05) is 39.3 Å². The van der Waals surface area contributed by atoms with E-state index < -0.39 is 0 Å². The highest BCUT2D eigenvalue weighted by Gasteiger charge is 2.33. The van der Waals surface area contributed by atoms with Gasteiger partial charge in [-0.05, 0) is 31.2 Å². The maximum Gasteiger partial charge on any atom is 0.253 e. The van der Waals surface area contributed by atoms with Crippen LogP contribution in [0, 0.1) is 5.82 Å². The van der Waals surface area contributed by atoms with Crippen LogP contribution in [-0.2, 0) is 9.53 Å². The van der Waals surface area contributed by atoms with Gasteiger partial charge in [0.25, 0.3) is 5.91 Å². The fraction of sp³-hybridized carbons (Fsp3) is 0.529. The Labute approximate surface area is 152 Å². The molecule has 0 spiro atoms. The predicted molar refractivity (Wildman–Crippen MR) is 93.3 cm³/mol. The molecule has 6 nitrogen and oxygen atoms in total. The molecule has 1 aromatic carbocycles. The minimum Gasteiger partial charge on any atom is -0.375 e. The molecule has 1 N–H and O–H groups in total. The Bertz CT molecular complexity index is 606. The molecule has 0 bridgehead atoms. The van der Waals surface area contributed by atoms with Crippen LogP contribution in [-0.4, -0.2) is 73.1 Å². The summed E-state index contributed by atoms with van der Waals surface area (Å²) in [6.45, 7) is 5.12. The Morgan fingerprint density at radius 2 is 1.72 bits per heavy atom. The number of nitrogens with zero attached hydrogens (tertiary/aromatic N) is 2. The van der Waals surface area contributed by atoms with Crippen molar-refractivity contribution in [1.82, 2.24) is 15.1 Å². The van der Waals surface area contributed by atoms with E-state index in [9.17, 15) is 14.0 Å². The summed E-state index contributed by atoms with van der Waals surface area (Å²) in [5.74, 6) is -0.469. The number of hydrogen-bond donors (Lipinski definition) is 1. The highest BCUT2D eigenvalue weighted by atomic mass is 35.5. The summed E-state index contributed by atoms with van der Waals surface area (Å²) < 4.78 is 18.5. The molecule has 0 aromatic heterocycles. The number of hydrogen-bond acceptors (Lipinski definition) is 4. The van der Waals surface area contributed by atoms with Crippen molar-refractivity contribution in [3.05, 3.63) is 35.6 Å². The Hall–Kier alpha value is -1.70. The lowest BCUT2D eigenvalue weighted by Gasteiger charge is -2.38. The molecule has 1 aromatic rings. The minimum atomic E-state index is -0.363. The van der Waals surface area contributed by atoms with E-state index in [1.165, 1.54) is 24.3 Å². The summed E-state index contributed by atoms with van der Waals surface area (Å²) in [6.07, 6.45) is -0.148. The van der Waals surface area contributed by atoms with Crippen LogP contribution < -0.4 is 5.32 Å². The largest absolute Gasteiger partial charge is 0.375 e. The normalized spacial score (nSPS) is 23.8. The molecule has 0 unspecified atom stereocenters. The number of rotatable bonds is 2. The van der Waals surface area contributed by atoms with Gasteiger partial charge < -0.3 is 19.9 Å². The van der Waals surface area contributed by atoms with Crippen LogP contribution in [0.2, 0.25) is 0 Å². The molecule has 2 saturated heterocycles. The van der Waals surface area contributed by atoms with Crippen molar-refractivity contribution in [1.29, 1.82) is 0 Å². The van der Waals surface area contributed by atoms with Gasteiger partial charge in [0, 0.05) is 38.3 Å². The maximum absolute atomic E-state index is 13.0. The molecule has 138 valence electrons. The quantitative estimate of drug-likeness (QED) is 0.839. The number of piperazine rings is 1. The van der Waals surface area contributed by atoms with E-state index in [4.69, 9.17) is 4.74 Å². The maximum atomic E-state index is 13.0. The molecule has 8 heteroatoms. The Kier molecular flexibility index (Phi) is 6.75. The first-order valence-corrected chi connectivity index (χ1v) is 8.25. The first-order chi connectivity index (χ1) is 11.6. The van der Waals surface area contributed by atoms with Crippen LogP contribution in [0.5, 0.6) is 0 Å². The van der Waals surface area contributed by atoms with Gasteiger partial charge in [0.15, 0.2) is 0 Å². The molecule has 0 radical (unpaired) electrons. The number of ether oxygens (including phenoxy) is 1. The van der Waals surface area contributed by atoms with Gasteiger partial charge >= 0.3 is 0 Å². The summed E-state index contributed by atoms with van der Waals surface area (Å²) in [4.78, 5) is 28.5. The summed E-state index contributed by atoms with van der Waals surface area (Å²) in [5.41, 5.74) is 0.465. The molecule has 25 heavy (non-hydrogen) atoms. The molecule has 0 aliphatic carbocycles. The molecule has 2 aliphatic heterocycles. The van der Waals surface area contributed by atoms with Gasteiger partial charge in [-0.2, -0.15) is 0 Å². The lowest BCUT2D eigenvalue weighted by Crippen LogP contribution is -2.60. The fourth-order valence-corrected chi connectivity index (χ4v) is 3.11. The van der Waals surface area contributed by atoms with Gasteiger partial charge in [0.05, 0.1) is 12.7 Å². The van der Waals surface area contributed by atoms with Crippen LogP contribution in [0.25, 0.3) is 0 Å². The topological polar surface area (TPSA) is 61.9 Å². The molecule has 2 fully saturated rings. The smallest absolute Gasteiger partial charge is 0.253 e. The third-order valence-electron chi connectivity index (χ3n) is 4.55. The van der Waals surface area contributed by atoms with E-state index in [1.807, 2.05) is 6.92 Å². The van der Waals surface area contributed by atoms with Crippen molar-refractivity contribution in [2.45, 2.75) is 19.1 Å². The van der Waals surface area contributed by atoms with E-state index in [2.05, 4.69) is 5.32 Å². The Morgan fingerprint density at radius 3 is 2.32 bits per heavy atom. The standard InChI is InChI=1S/C17H22FN3O3.ClH/c1-12-15(19-6-11-24-12)17(23)21-9-7-20(8-10-21)16(22)13-2-4-14(18)5-3-13;/h2-5,12,15,19H,6-11H2,1H3;1H/t12-,15+;/m1./s1. The lowest BCUT2D eigenvalue weighted by molar-refractivity contribution is -0.140. The van der Waals surface area contributed by atoms with Crippen molar-refractivity contribution in [3.63, 3.8) is 0 Å². The molecule has 0 saturated carbocycles. The second-order valence-corrected chi connectivity index (χ2v) is 6.13. The zero-order chi connectivity index (χ0) is 17.1. The molecule has 2 atom stereocenters. The zero-order valence-corrected chi connectivity index (χ0v) is 14.9. The highest BCUT2D eigenvalue weighted by molar-refractivity contribution is 5.94. The first kappa shape index (κ1) is 19.6. The van der Waals surface area contributed by atoms with Gasteiger partial charge in [-0.3, -0.25) is 9.59 Å². The summed E-state index contributed by atoms with van der Waals surface area (Å²) >= 11 is 0. The van der Waals surface area contributed by atoms with E-state index in [0.717, 1.165) is 0 Å². The van der Waals surface area contributed by atoms with Crippen molar-refractivity contribution < 1.29 is 18.7 Å². The van der Waals surface area contributed by atoms with Crippen LogP contribution in [0.1, 0.15) is 17.3 Å². The van der Waals surface area contributed by atoms with Gasteiger partial charge in [-0.15, -0.1) is 12.4 Å². The number of halogens is 2. The molecule has 2 aliphatic rings. The number of morpholine rings is 1. The van der Waals surface area contributed by atoms with E-state index >= 15 is 0 Å². The van der Waals surface area contributed by atoms with Crippen LogP contribution in [0.15, 0.2) is 24.3 Å². The number of nitrogens with one attached hydrogen (secondary N) is 1. The third-order valence-corrected chi connectivity index (χ3v) is 4.55. The summed E-state index contributed by atoms with van der Waals surface area (Å²) in [7, 11) is 0.